The van der Waals surface area contributed by atoms with Gasteiger partial charge in [-0.1, -0.05) is 20.8 Å². The van der Waals surface area contributed by atoms with E-state index in [1.54, 1.807) is 0 Å². The van der Waals surface area contributed by atoms with Gasteiger partial charge < -0.3 is 10.1 Å². The summed E-state index contributed by atoms with van der Waals surface area (Å²) in [4.78, 5) is 4.36. The Hall–Kier alpha value is -1.09. The minimum atomic E-state index is 0.334. The molecular formula is C17H28N2O. The summed E-state index contributed by atoms with van der Waals surface area (Å²) in [6, 6.07) is 4.48. The van der Waals surface area contributed by atoms with E-state index < -0.39 is 0 Å². The summed E-state index contributed by atoms with van der Waals surface area (Å²) in [7, 11) is 0. The minimum Gasteiger partial charge on any atom is -0.474 e. The zero-order valence-electron chi connectivity index (χ0n) is 13.3. The highest BCUT2D eigenvalue weighted by Crippen LogP contribution is 2.36. The highest BCUT2D eigenvalue weighted by molar-refractivity contribution is 5.23. The van der Waals surface area contributed by atoms with E-state index in [-0.39, 0.29) is 0 Å². The molecular weight excluding hydrogens is 248 g/mol. The number of aromatic nitrogens is 1. The summed E-state index contributed by atoms with van der Waals surface area (Å²) in [5.74, 6) is 0.775. The molecule has 1 N–H and O–H groups in total. The highest BCUT2D eigenvalue weighted by atomic mass is 16.5. The van der Waals surface area contributed by atoms with Crippen LogP contribution in [0.4, 0.5) is 0 Å². The molecule has 1 saturated carbocycles. The van der Waals surface area contributed by atoms with Crippen LogP contribution in [0.5, 0.6) is 5.88 Å². The molecule has 1 unspecified atom stereocenters. The van der Waals surface area contributed by atoms with Gasteiger partial charge in [-0.05, 0) is 56.2 Å². The Morgan fingerprint density at radius 1 is 1.40 bits per heavy atom. The molecule has 20 heavy (non-hydrogen) atoms. The van der Waals surface area contributed by atoms with Crippen LogP contribution in [0.2, 0.25) is 0 Å². The molecule has 1 atom stereocenters. The Bertz CT molecular complexity index is 421. The third kappa shape index (κ3) is 4.20. The molecule has 3 heteroatoms. The summed E-state index contributed by atoms with van der Waals surface area (Å²) < 4.78 is 6.08. The average Bonchev–Trinajstić information content (AvgIpc) is 2.42. The van der Waals surface area contributed by atoms with Crippen molar-refractivity contribution in [3.8, 4) is 5.88 Å². The van der Waals surface area contributed by atoms with Gasteiger partial charge in [-0.25, -0.2) is 4.98 Å². The molecule has 112 valence electrons. The lowest BCUT2D eigenvalue weighted by molar-refractivity contribution is 0.0948. The van der Waals surface area contributed by atoms with E-state index in [1.165, 1.54) is 18.4 Å². The Balaban J connectivity index is 1.95. The van der Waals surface area contributed by atoms with Crippen LogP contribution in [0.3, 0.4) is 0 Å². The summed E-state index contributed by atoms with van der Waals surface area (Å²) in [6.45, 7) is 9.96. The first-order chi connectivity index (χ1) is 9.50. The molecule has 1 aromatic heterocycles. The van der Waals surface area contributed by atoms with Gasteiger partial charge >= 0.3 is 0 Å². The molecule has 1 aliphatic carbocycles. The van der Waals surface area contributed by atoms with Crippen molar-refractivity contribution < 1.29 is 4.74 Å². The Labute approximate surface area is 123 Å². The maximum absolute atomic E-state index is 6.08. The summed E-state index contributed by atoms with van der Waals surface area (Å²) >= 11 is 0. The maximum Gasteiger partial charge on any atom is 0.213 e. The van der Waals surface area contributed by atoms with Gasteiger partial charge in [0.1, 0.15) is 6.10 Å². The zero-order chi connectivity index (χ0) is 14.6. The van der Waals surface area contributed by atoms with Crippen molar-refractivity contribution in [3.63, 3.8) is 0 Å². The standard InChI is InChI=1S/C17H28N2O/c1-5-18-13(2)14-8-11-19-16(12-14)20-15-6-9-17(3,4)10-7-15/h8,11-13,15,18H,5-7,9-10H2,1-4H3. The number of nitrogens with one attached hydrogen (secondary N) is 1. The van der Waals surface area contributed by atoms with E-state index in [1.807, 2.05) is 6.20 Å². The van der Waals surface area contributed by atoms with E-state index in [4.69, 9.17) is 4.74 Å². The molecule has 0 saturated heterocycles. The molecule has 1 fully saturated rings. The molecule has 0 radical (unpaired) electrons. The largest absolute Gasteiger partial charge is 0.474 e. The van der Waals surface area contributed by atoms with Crippen LogP contribution in [0.1, 0.15) is 65.0 Å². The number of nitrogens with zero attached hydrogens (tertiary/aromatic N) is 1. The van der Waals surface area contributed by atoms with Crippen molar-refractivity contribution in [2.45, 2.75) is 65.5 Å². The SMILES string of the molecule is CCNC(C)c1ccnc(OC2CCC(C)(C)CC2)c1. The Morgan fingerprint density at radius 3 is 2.75 bits per heavy atom. The van der Waals surface area contributed by atoms with Crippen LogP contribution < -0.4 is 10.1 Å². The first-order valence-electron chi connectivity index (χ1n) is 7.86. The monoisotopic (exact) mass is 276 g/mol. The molecule has 2 rings (SSSR count). The van der Waals surface area contributed by atoms with Crippen LogP contribution >= 0.6 is 0 Å². The van der Waals surface area contributed by atoms with Crippen LogP contribution in [0.25, 0.3) is 0 Å². The van der Waals surface area contributed by atoms with Crippen LogP contribution in [-0.4, -0.2) is 17.6 Å². The van der Waals surface area contributed by atoms with Crippen molar-refractivity contribution in [2.24, 2.45) is 5.41 Å². The number of hydrogen-bond donors (Lipinski definition) is 1. The van der Waals surface area contributed by atoms with E-state index in [9.17, 15) is 0 Å². The van der Waals surface area contributed by atoms with Gasteiger partial charge in [0, 0.05) is 18.3 Å². The van der Waals surface area contributed by atoms with Gasteiger partial charge in [-0.3, -0.25) is 0 Å². The first-order valence-corrected chi connectivity index (χ1v) is 7.86. The van der Waals surface area contributed by atoms with Gasteiger partial charge in [-0.15, -0.1) is 0 Å². The summed E-state index contributed by atoms with van der Waals surface area (Å²) in [6.07, 6.45) is 6.95. The second kappa shape index (κ2) is 6.57. The third-order valence-corrected chi connectivity index (χ3v) is 4.34. The fraction of sp³-hybridized carbons (Fsp3) is 0.706. The molecule has 0 aliphatic heterocycles. The molecule has 1 heterocycles. The van der Waals surface area contributed by atoms with Crippen molar-refractivity contribution >= 4 is 0 Å². The fourth-order valence-corrected chi connectivity index (χ4v) is 2.84. The molecule has 0 spiro atoms. The first kappa shape index (κ1) is 15.3. The Morgan fingerprint density at radius 2 is 2.10 bits per heavy atom. The van der Waals surface area contributed by atoms with Gasteiger partial charge in [-0.2, -0.15) is 0 Å². The fourth-order valence-electron chi connectivity index (χ4n) is 2.84. The lowest BCUT2D eigenvalue weighted by Crippen LogP contribution is -2.28. The molecule has 3 nitrogen and oxygen atoms in total. The predicted molar refractivity (Wildman–Crippen MR) is 83.0 cm³/mol. The highest BCUT2D eigenvalue weighted by Gasteiger charge is 2.28. The molecule has 0 bridgehead atoms. The topological polar surface area (TPSA) is 34.2 Å². The van der Waals surface area contributed by atoms with E-state index in [0.29, 0.717) is 17.6 Å². The number of rotatable bonds is 5. The zero-order valence-corrected chi connectivity index (χ0v) is 13.3. The minimum absolute atomic E-state index is 0.334. The summed E-state index contributed by atoms with van der Waals surface area (Å²) in [5, 5.41) is 3.42. The van der Waals surface area contributed by atoms with Gasteiger partial charge in [0.25, 0.3) is 0 Å². The van der Waals surface area contributed by atoms with Gasteiger partial charge in [0.15, 0.2) is 0 Å². The lowest BCUT2D eigenvalue weighted by Gasteiger charge is -2.34. The van der Waals surface area contributed by atoms with Crippen molar-refractivity contribution in [1.82, 2.24) is 10.3 Å². The third-order valence-electron chi connectivity index (χ3n) is 4.34. The van der Waals surface area contributed by atoms with E-state index >= 15 is 0 Å². The average molecular weight is 276 g/mol. The summed E-state index contributed by atoms with van der Waals surface area (Å²) in [5.41, 5.74) is 1.72. The smallest absolute Gasteiger partial charge is 0.213 e. The number of hydrogen-bond acceptors (Lipinski definition) is 3. The number of pyridine rings is 1. The van der Waals surface area contributed by atoms with Gasteiger partial charge in [0.2, 0.25) is 5.88 Å². The maximum atomic E-state index is 6.08. The molecule has 0 aromatic carbocycles. The quantitative estimate of drug-likeness (QED) is 0.879. The molecule has 1 aromatic rings. The number of ether oxygens (including phenoxy) is 1. The van der Waals surface area contributed by atoms with Crippen LogP contribution in [-0.2, 0) is 0 Å². The lowest BCUT2D eigenvalue weighted by atomic mass is 9.76. The van der Waals surface area contributed by atoms with Gasteiger partial charge in [0.05, 0.1) is 0 Å². The van der Waals surface area contributed by atoms with E-state index in [0.717, 1.165) is 25.3 Å². The molecule has 1 aliphatic rings. The second-order valence-corrected chi connectivity index (χ2v) is 6.69. The van der Waals surface area contributed by atoms with Crippen molar-refractivity contribution in [3.05, 3.63) is 23.9 Å². The second-order valence-electron chi connectivity index (χ2n) is 6.69. The normalized spacial score (nSPS) is 20.6. The molecule has 0 amide bonds. The van der Waals surface area contributed by atoms with Crippen LogP contribution in [0.15, 0.2) is 18.3 Å². The van der Waals surface area contributed by atoms with Crippen LogP contribution in [0, 0.1) is 5.41 Å². The van der Waals surface area contributed by atoms with Crippen molar-refractivity contribution in [1.29, 1.82) is 0 Å². The van der Waals surface area contributed by atoms with Crippen molar-refractivity contribution in [2.75, 3.05) is 6.54 Å². The predicted octanol–water partition coefficient (Wildman–Crippen LogP) is 4.10. The Kier molecular flexibility index (Phi) is 5.03. The van der Waals surface area contributed by atoms with E-state index in [2.05, 4.69) is 50.1 Å².